The van der Waals surface area contributed by atoms with Gasteiger partial charge in [-0.3, -0.25) is 0 Å². The normalized spacial score (nSPS) is 17.9. The molecule has 1 aliphatic heterocycles. The smallest absolute Gasteiger partial charge is 0.340 e. The molecule has 0 spiro atoms. The van der Waals surface area contributed by atoms with Crippen molar-refractivity contribution in [3.05, 3.63) is 27.7 Å². The second kappa shape index (κ2) is 5.79. The van der Waals surface area contributed by atoms with E-state index in [0.29, 0.717) is 18.8 Å². The number of carbonyl (C=O) groups excluding carboxylic acids is 1. The molecular formula is C12H13Cl2NO4S. The summed E-state index contributed by atoms with van der Waals surface area (Å²) < 4.78 is 27.4. The molecular weight excluding hydrogens is 325 g/mol. The average molecular weight is 338 g/mol. The molecule has 0 bridgehead atoms. The Labute approximate surface area is 127 Å². The molecule has 0 saturated carbocycles. The van der Waals surface area contributed by atoms with Gasteiger partial charge in [0.1, 0.15) is 0 Å². The summed E-state index contributed by atoms with van der Waals surface area (Å²) in [5.74, 6) is -0.408. The van der Waals surface area contributed by atoms with Crippen LogP contribution in [0.1, 0.15) is 10.4 Å². The first-order valence-corrected chi connectivity index (χ1v) is 8.44. The van der Waals surface area contributed by atoms with Gasteiger partial charge in [0.15, 0.2) is 9.84 Å². The molecule has 1 saturated heterocycles. The highest BCUT2D eigenvalue weighted by Crippen LogP contribution is 2.32. The van der Waals surface area contributed by atoms with Crippen LogP contribution in [0.25, 0.3) is 0 Å². The van der Waals surface area contributed by atoms with Crippen molar-refractivity contribution >= 4 is 44.7 Å². The van der Waals surface area contributed by atoms with Gasteiger partial charge in [0.25, 0.3) is 0 Å². The van der Waals surface area contributed by atoms with Gasteiger partial charge in [-0.05, 0) is 12.1 Å². The van der Waals surface area contributed by atoms with Crippen molar-refractivity contribution in [2.24, 2.45) is 0 Å². The van der Waals surface area contributed by atoms with Gasteiger partial charge in [-0.1, -0.05) is 23.2 Å². The number of halogens is 2. The number of rotatable bonds is 2. The Morgan fingerprint density at radius 1 is 1.20 bits per heavy atom. The molecule has 20 heavy (non-hydrogen) atoms. The Balaban J connectivity index is 2.29. The average Bonchev–Trinajstić information content (AvgIpc) is 2.37. The summed E-state index contributed by atoms with van der Waals surface area (Å²) in [4.78, 5) is 13.4. The third-order valence-corrected chi connectivity index (χ3v) is 5.33. The minimum absolute atomic E-state index is 0.0982. The van der Waals surface area contributed by atoms with E-state index in [9.17, 15) is 13.2 Å². The topological polar surface area (TPSA) is 63.7 Å². The molecule has 0 unspecified atom stereocenters. The van der Waals surface area contributed by atoms with E-state index in [4.69, 9.17) is 23.2 Å². The molecule has 8 heteroatoms. The fraction of sp³-hybridized carbons (Fsp3) is 0.417. The Bertz CT molecular complexity index is 608. The van der Waals surface area contributed by atoms with Gasteiger partial charge < -0.3 is 9.64 Å². The van der Waals surface area contributed by atoms with Gasteiger partial charge in [-0.25, -0.2) is 13.2 Å². The Hall–Kier alpha value is -0.980. The first kappa shape index (κ1) is 15.4. The SMILES string of the molecule is COC(=O)c1c(Cl)cc(N2CCS(=O)(=O)CC2)cc1Cl. The van der Waals surface area contributed by atoms with Crippen molar-refractivity contribution < 1.29 is 17.9 Å². The highest BCUT2D eigenvalue weighted by atomic mass is 35.5. The van der Waals surface area contributed by atoms with E-state index in [1.807, 2.05) is 4.90 Å². The second-order valence-corrected chi connectivity index (χ2v) is 7.53. The maximum absolute atomic E-state index is 11.5. The van der Waals surface area contributed by atoms with Crippen LogP contribution in [0.15, 0.2) is 12.1 Å². The Morgan fingerprint density at radius 3 is 2.15 bits per heavy atom. The van der Waals surface area contributed by atoms with Gasteiger partial charge >= 0.3 is 5.97 Å². The monoisotopic (exact) mass is 337 g/mol. The molecule has 110 valence electrons. The summed E-state index contributed by atoms with van der Waals surface area (Å²) in [5, 5.41) is 0.376. The van der Waals surface area contributed by atoms with Crippen LogP contribution in [-0.2, 0) is 14.6 Å². The number of nitrogens with zero attached hydrogens (tertiary/aromatic N) is 1. The first-order valence-electron chi connectivity index (χ1n) is 5.87. The number of carbonyl (C=O) groups is 1. The lowest BCUT2D eigenvalue weighted by atomic mass is 10.2. The van der Waals surface area contributed by atoms with Crippen LogP contribution >= 0.6 is 23.2 Å². The lowest BCUT2D eigenvalue weighted by molar-refractivity contribution is 0.0601. The molecule has 0 N–H and O–H groups in total. The molecule has 1 heterocycles. The third-order valence-electron chi connectivity index (χ3n) is 3.13. The van der Waals surface area contributed by atoms with E-state index >= 15 is 0 Å². The van der Waals surface area contributed by atoms with Gasteiger partial charge in [-0.2, -0.15) is 0 Å². The number of ether oxygens (including phenoxy) is 1. The largest absolute Gasteiger partial charge is 0.465 e. The van der Waals surface area contributed by atoms with Crippen molar-refractivity contribution in [1.82, 2.24) is 0 Å². The zero-order chi connectivity index (χ0) is 14.9. The van der Waals surface area contributed by atoms with E-state index in [-0.39, 0.29) is 27.1 Å². The van der Waals surface area contributed by atoms with Gasteiger partial charge in [0.05, 0.1) is 34.2 Å². The summed E-state index contributed by atoms with van der Waals surface area (Å²) >= 11 is 12.1. The summed E-state index contributed by atoms with van der Waals surface area (Å²) in [6.45, 7) is 0.763. The number of anilines is 1. The molecule has 0 aromatic heterocycles. The highest BCUT2D eigenvalue weighted by molar-refractivity contribution is 7.91. The molecule has 2 rings (SSSR count). The zero-order valence-electron chi connectivity index (χ0n) is 10.7. The van der Waals surface area contributed by atoms with Crippen LogP contribution < -0.4 is 4.90 Å². The van der Waals surface area contributed by atoms with E-state index in [0.717, 1.165) is 0 Å². The predicted octanol–water partition coefficient (Wildman–Crippen LogP) is 2.01. The van der Waals surface area contributed by atoms with Crippen molar-refractivity contribution in [2.45, 2.75) is 0 Å². The highest BCUT2D eigenvalue weighted by Gasteiger charge is 2.24. The number of benzene rings is 1. The number of sulfone groups is 1. The lowest BCUT2D eigenvalue weighted by Gasteiger charge is -2.29. The van der Waals surface area contributed by atoms with Crippen LogP contribution in [0.5, 0.6) is 0 Å². The Morgan fingerprint density at radius 2 is 1.70 bits per heavy atom. The maximum atomic E-state index is 11.5. The number of hydrogen-bond donors (Lipinski definition) is 0. The van der Waals surface area contributed by atoms with Crippen LogP contribution in [0.2, 0.25) is 10.0 Å². The molecule has 0 atom stereocenters. The van der Waals surface area contributed by atoms with Crippen LogP contribution in [0, 0.1) is 0 Å². The number of esters is 1. The standard InChI is InChI=1S/C12H13Cl2NO4S/c1-19-12(16)11-9(13)6-8(7-10(11)14)15-2-4-20(17,18)5-3-15/h6-7H,2-5H2,1H3. The van der Waals surface area contributed by atoms with E-state index in [2.05, 4.69) is 4.74 Å². The van der Waals surface area contributed by atoms with Crippen LogP contribution in [-0.4, -0.2) is 46.1 Å². The summed E-state index contributed by atoms with van der Waals surface area (Å²) in [7, 11) is -1.70. The molecule has 0 aliphatic carbocycles. The molecule has 1 aromatic rings. The van der Waals surface area contributed by atoms with E-state index in [1.54, 1.807) is 12.1 Å². The van der Waals surface area contributed by atoms with Crippen molar-refractivity contribution in [2.75, 3.05) is 36.6 Å². The van der Waals surface area contributed by atoms with E-state index < -0.39 is 15.8 Å². The molecule has 1 fully saturated rings. The van der Waals surface area contributed by atoms with Crippen LogP contribution in [0.3, 0.4) is 0 Å². The fourth-order valence-electron chi connectivity index (χ4n) is 2.01. The molecule has 0 amide bonds. The minimum atomic E-state index is -2.95. The molecule has 0 radical (unpaired) electrons. The zero-order valence-corrected chi connectivity index (χ0v) is 13.1. The molecule has 1 aliphatic rings. The van der Waals surface area contributed by atoms with Crippen LogP contribution in [0.4, 0.5) is 5.69 Å². The number of methoxy groups -OCH3 is 1. The van der Waals surface area contributed by atoms with Crippen molar-refractivity contribution in [1.29, 1.82) is 0 Å². The summed E-state index contributed by atoms with van der Waals surface area (Å²) in [6.07, 6.45) is 0. The summed E-state index contributed by atoms with van der Waals surface area (Å²) in [6, 6.07) is 3.19. The minimum Gasteiger partial charge on any atom is -0.465 e. The predicted molar refractivity (Wildman–Crippen MR) is 78.7 cm³/mol. The molecule has 5 nitrogen and oxygen atoms in total. The van der Waals surface area contributed by atoms with Gasteiger partial charge in [0.2, 0.25) is 0 Å². The van der Waals surface area contributed by atoms with Crippen molar-refractivity contribution in [3.63, 3.8) is 0 Å². The van der Waals surface area contributed by atoms with Gasteiger partial charge in [0, 0.05) is 18.8 Å². The second-order valence-electron chi connectivity index (χ2n) is 4.41. The van der Waals surface area contributed by atoms with Gasteiger partial charge in [-0.15, -0.1) is 0 Å². The summed E-state index contributed by atoms with van der Waals surface area (Å²) in [5.41, 5.74) is 0.812. The third kappa shape index (κ3) is 3.19. The molecule has 1 aromatic carbocycles. The first-order chi connectivity index (χ1) is 9.34. The Kier molecular flexibility index (Phi) is 4.46. The number of hydrogen-bond acceptors (Lipinski definition) is 5. The quantitative estimate of drug-likeness (QED) is 0.772. The fourth-order valence-corrected chi connectivity index (χ4v) is 3.84. The maximum Gasteiger partial charge on any atom is 0.340 e. The van der Waals surface area contributed by atoms with Crippen molar-refractivity contribution in [3.8, 4) is 0 Å². The van der Waals surface area contributed by atoms with E-state index in [1.165, 1.54) is 7.11 Å². The lowest BCUT2D eigenvalue weighted by Crippen LogP contribution is -2.40.